The van der Waals surface area contributed by atoms with Crippen molar-refractivity contribution in [3.05, 3.63) is 28.1 Å². The quantitative estimate of drug-likeness (QED) is 0.868. The van der Waals surface area contributed by atoms with Crippen LogP contribution in [0.5, 0.6) is 0 Å². The van der Waals surface area contributed by atoms with Gasteiger partial charge in [0.15, 0.2) is 5.82 Å². The van der Waals surface area contributed by atoms with Gasteiger partial charge in [-0.15, -0.1) is 0 Å². The highest BCUT2D eigenvalue weighted by atomic mass is 32.1. The third-order valence-electron chi connectivity index (χ3n) is 2.47. The molecule has 0 fully saturated rings. The van der Waals surface area contributed by atoms with Crippen LogP contribution in [0.25, 0.3) is 0 Å². The van der Waals surface area contributed by atoms with Gasteiger partial charge in [0.25, 0.3) is 0 Å². The summed E-state index contributed by atoms with van der Waals surface area (Å²) in [5, 5.41) is 10.8. The zero-order valence-electron chi connectivity index (χ0n) is 9.73. The van der Waals surface area contributed by atoms with Gasteiger partial charge in [-0.05, 0) is 29.3 Å². The maximum Gasteiger partial charge on any atom is 0.230 e. The lowest BCUT2D eigenvalue weighted by molar-refractivity contribution is -0.115. The normalized spacial score (nSPS) is 10.5. The van der Waals surface area contributed by atoms with E-state index in [1.807, 2.05) is 23.8 Å². The molecule has 0 saturated carbocycles. The molecule has 90 valence electrons. The van der Waals surface area contributed by atoms with E-state index in [0.29, 0.717) is 17.9 Å². The summed E-state index contributed by atoms with van der Waals surface area (Å²) >= 11 is 1.58. The van der Waals surface area contributed by atoms with E-state index in [-0.39, 0.29) is 5.91 Å². The number of carbonyl (C=O) groups excluding carboxylic acids is 1. The molecule has 5 nitrogen and oxygen atoms in total. The van der Waals surface area contributed by atoms with E-state index in [4.69, 9.17) is 5.73 Å². The van der Waals surface area contributed by atoms with Gasteiger partial charge in [0, 0.05) is 7.05 Å². The number of hydrogen-bond donors (Lipinski definition) is 2. The predicted octanol–water partition coefficient (Wildman–Crippen LogP) is 1.55. The first-order valence-corrected chi connectivity index (χ1v) is 6.12. The van der Waals surface area contributed by atoms with Crippen molar-refractivity contribution in [2.24, 2.45) is 7.05 Å². The van der Waals surface area contributed by atoms with Crippen molar-refractivity contribution in [2.45, 2.75) is 13.3 Å². The van der Waals surface area contributed by atoms with Crippen molar-refractivity contribution in [1.29, 1.82) is 0 Å². The van der Waals surface area contributed by atoms with Gasteiger partial charge in [-0.2, -0.15) is 16.4 Å². The molecular weight excluding hydrogens is 236 g/mol. The summed E-state index contributed by atoms with van der Waals surface area (Å²) in [6, 6.07) is 1.93. The van der Waals surface area contributed by atoms with E-state index in [2.05, 4.69) is 10.4 Å². The Labute approximate surface area is 103 Å². The number of thiophene rings is 1. The van der Waals surface area contributed by atoms with Crippen LogP contribution in [0.1, 0.15) is 11.3 Å². The van der Waals surface area contributed by atoms with Crippen LogP contribution in [0.4, 0.5) is 11.5 Å². The fourth-order valence-corrected chi connectivity index (χ4v) is 2.25. The van der Waals surface area contributed by atoms with Gasteiger partial charge in [-0.3, -0.25) is 9.48 Å². The van der Waals surface area contributed by atoms with Crippen molar-refractivity contribution in [2.75, 3.05) is 11.1 Å². The van der Waals surface area contributed by atoms with Crippen LogP contribution in [-0.2, 0) is 18.3 Å². The Balaban J connectivity index is 2.08. The number of anilines is 2. The zero-order chi connectivity index (χ0) is 12.4. The van der Waals surface area contributed by atoms with Gasteiger partial charge >= 0.3 is 0 Å². The molecule has 0 radical (unpaired) electrons. The molecular formula is C11H14N4OS. The number of nitrogens with two attached hydrogens (primary N) is 1. The van der Waals surface area contributed by atoms with Crippen LogP contribution >= 0.6 is 11.3 Å². The van der Waals surface area contributed by atoms with Gasteiger partial charge < -0.3 is 11.1 Å². The summed E-state index contributed by atoms with van der Waals surface area (Å²) in [5.74, 6) is 0.473. The lowest BCUT2D eigenvalue weighted by Gasteiger charge is -2.05. The fourth-order valence-electron chi connectivity index (χ4n) is 1.58. The minimum atomic E-state index is -0.0851. The molecule has 2 heterocycles. The van der Waals surface area contributed by atoms with E-state index >= 15 is 0 Å². The Kier molecular flexibility index (Phi) is 3.14. The lowest BCUT2D eigenvalue weighted by atomic mass is 10.2. The maximum absolute atomic E-state index is 11.8. The predicted molar refractivity (Wildman–Crippen MR) is 69.0 cm³/mol. The summed E-state index contributed by atoms with van der Waals surface area (Å²) in [6.07, 6.45) is 0.354. The van der Waals surface area contributed by atoms with Crippen molar-refractivity contribution < 1.29 is 4.79 Å². The number of aromatic nitrogens is 2. The average molecular weight is 250 g/mol. The van der Waals surface area contributed by atoms with Crippen LogP contribution < -0.4 is 11.1 Å². The van der Waals surface area contributed by atoms with Crippen molar-refractivity contribution >= 4 is 28.7 Å². The highest BCUT2D eigenvalue weighted by Crippen LogP contribution is 2.21. The molecule has 2 aromatic heterocycles. The highest BCUT2D eigenvalue weighted by Gasteiger charge is 2.13. The lowest BCUT2D eigenvalue weighted by Crippen LogP contribution is -2.17. The van der Waals surface area contributed by atoms with Gasteiger partial charge in [-0.1, -0.05) is 0 Å². The fraction of sp³-hybridized carbons (Fsp3) is 0.273. The van der Waals surface area contributed by atoms with Gasteiger partial charge in [0.2, 0.25) is 5.91 Å². The second kappa shape index (κ2) is 4.58. The summed E-state index contributed by atoms with van der Waals surface area (Å²) in [4.78, 5) is 11.8. The highest BCUT2D eigenvalue weighted by molar-refractivity contribution is 7.08. The van der Waals surface area contributed by atoms with Crippen molar-refractivity contribution in [3.63, 3.8) is 0 Å². The van der Waals surface area contributed by atoms with E-state index < -0.39 is 0 Å². The summed E-state index contributed by atoms with van der Waals surface area (Å²) in [5.41, 5.74) is 8.07. The molecule has 0 aromatic carbocycles. The van der Waals surface area contributed by atoms with Crippen LogP contribution in [-0.4, -0.2) is 15.7 Å². The molecule has 0 aliphatic rings. The molecule has 6 heteroatoms. The van der Waals surface area contributed by atoms with Gasteiger partial charge in [0.1, 0.15) is 0 Å². The number of nitrogens with one attached hydrogen (secondary N) is 1. The van der Waals surface area contributed by atoms with Gasteiger partial charge in [-0.25, -0.2) is 0 Å². The SMILES string of the molecule is Cc1nn(C)c(NC(=O)Cc2ccsc2)c1N. The molecule has 0 aliphatic carbocycles. The summed E-state index contributed by atoms with van der Waals surface area (Å²) in [7, 11) is 1.75. The standard InChI is InChI=1S/C11H14N4OS/c1-7-10(12)11(15(2)14-7)13-9(16)5-8-3-4-17-6-8/h3-4,6H,5,12H2,1-2H3,(H,13,16). The number of carbonyl (C=O) groups is 1. The Morgan fingerprint density at radius 1 is 1.65 bits per heavy atom. The first-order chi connectivity index (χ1) is 8.08. The molecule has 0 atom stereocenters. The third kappa shape index (κ3) is 2.47. The number of nitrogens with zero attached hydrogens (tertiary/aromatic N) is 2. The van der Waals surface area contributed by atoms with Crippen molar-refractivity contribution in [1.82, 2.24) is 9.78 Å². The van der Waals surface area contributed by atoms with Crippen LogP contribution in [0, 0.1) is 6.92 Å². The first kappa shape index (κ1) is 11.7. The Hall–Kier alpha value is -1.82. The molecule has 0 aliphatic heterocycles. The van der Waals surface area contributed by atoms with Crippen LogP contribution in [0.3, 0.4) is 0 Å². The monoisotopic (exact) mass is 250 g/mol. The number of aryl methyl sites for hydroxylation is 2. The average Bonchev–Trinajstić information content (AvgIpc) is 2.83. The molecule has 0 spiro atoms. The summed E-state index contributed by atoms with van der Waals surface area (Å²) in [6.45, 7) is 1.81. The van der Waals surface area contributed by atoms with E-state index in [1.165, 1.54) is 0 Å². The van der Waals surface area contributed by atoms with Crippen molar-refractivity contribution in [3.8, 4) is 0 Å². The third-order valence-corrected chi connectivity index (χ3v) is 3.20. The second-order valence-corrected chi connectivity index (χ2v) is 4.61. The van der Waals surface area contributed by atoms with E-state index in [1.54, 1.807) is 23.1 Å². The minimum absolute atomic E-state index is 0.0851. The largest absolute Gasteiger partial charge is 0.394 e. The number of rotatable bonds is 3. The first-order valence-electron chi connectivity index (χ1n) is 5.18. The Bertz CT molecular complexity index is 530. The van der Waals surface area contributed by atoms with Gasteiger partial charge in [0.05, 0.1) is 17.8 Å². The zero-order valence-corrected chi connectivity index (χ0v) is 10.5. The molecule has 1 amide bonds. The summed E-state index contributed by atoms with van der Waals surface area (Å²) < 4.78 is 1.58. The molecule has 3 N–H and O–H groups in total. The van der Waals surface area contributed by atoms with Crippen LogP contribution in [0.15, 0.2) is 16.8 Å². The Morgan fingerprint density at radius 2 is 2.41 bits per heavy atom. The molecule has 2 aromatic rings. The second-order valence-electron chi connectivity index (χ2n) is 3.83. The Morgan fingerprint density at radius 3 is 2.94 bits per heavy atom. The molecule has 0 saturated heterocycles. The number of hydrogen-bond acceptors (Lipinski definition) is 4. The van der Waals surface area contributed by atoms with E-state index in [0.717, 1.165) is 11.3 Å². The maximum atomic E-state index is 11.8. The molecule has 0 unspecified atom stereocenters. The topological polar surface area (TPSA) is 72.9 Å². The van der Waals surface area contributed by atoms with E-state index in [9.17, 15) is 4.79 Å². The number of amides is 1. The minimum Gasteiger partial charge on any atom is -0.394 e. The molecule has 17 heavy (non-hydrogen) atoms. The van der Waals surface area contributed by atoms with Crippen LogP contribution in [0.2, 0.25) is 0 Å². The molecule has 2 rings (SSSR count). The molecule has 0 bridgehead atoms. The smallest absolute Gasteiger partial charge is 0.230 e. The number of nitrogen functional groups attached to an aromatic ring is 1.